The van der Waals surface area contributed by atoms with E-state index in [1.807, 2.05) is 6.07 Å². The van der Waals surface area contributed by atoms with Gasteiger partial charge in [0.05, 0.1) is 14.2 Å². The van der Waals surface area contributed by atoms with Crippen molar-refractivity contribution in [2.45, 2.75) is 29.6 Å². The summed E-state index contributed by atoms with van der Waals surface area (Å²) >= 11 is 1.16. The molecule has 1 aliphatic heterocycles. The number of nitrogens with one attached hydrogen (secondary N) is 1. The summed E-state index contributed by atoms with van der Waals surface area (Å²) in [5, 5.41) is 4.56. The van der Waals surface area contributed by atoms with Gasteiger partial charge in [-0.25, -0.2) is 8.42 Å². The van der Waals surface area contributed by atoms with E-state index in [0.29, 0.717) is 30.9 Å². The van der Waals surface area contributed by atoms with Crippen LogP contribution >= 0.6 is 11.3 Å². The second kappa shape index (κ2) is 8.28. The van der Waals surface area contributed by atoms with Crippen LogP contribution in [0.25, 0.3) is 0 Å². The van der Waals surface area contributed by atoms with E-state index < -0.39 is 16.1 Å². The topological polar surface area (TPSA) is 84.9 Å². The first kappa shape index (κ1) is 19.7. The van der Waals surface area contributed by atoms with E-state index >= 15 is 0 Å². The largest absolute Gasteiger partial charge is 0.493 e. The molecule has 1 saturated heterocycles. The number of amides is 1. The first-order valence-corrected chi connectivity index (χ1v) is 10.8. The van der Waals surface area contributed by atoms with Crippen molar-refractivity contribution in [3.05, 3.63) is 41.3 Å². The fourth-order valence-electron chi connectivity index (χ4n) is 3.11. The maximum Gasteiger partial charge on any atom is 0.253 e. The molecule has 2 aromatic rings. The van der Waals surface area contributed by atoms with Crippen LogP contribution in [-0.4, -0.2) is 45.4 Å². The van der Waals surface area contributed by atoms with Crippen LogP contribution in [0.5, 0.6) is 11.5 Å². The summed E-state index contributed by atoms with van der Waals surface area (Å²) in [7, 11) is -0.532. The molecule has 1 N–H and O–H groups in total. The summed E-state index contributed by atoms with van der Waals surface area (Å²) < 4.78 is 37.6. The molecule has 1 atom stereocenters. The highest BCUT2D eigenvalue weighted by Crippen LogP contribution is 2.29. The Morgan fingerprint density at radius 1 is 1.26 bits per heavy atom. The molecule has 0 spiro atoms. The molecule has 3 rings (SSSR count). The zero-order valence-electron chi connectivity index (χ0n) is 15.2. The fraction of sp³-hybridized carbons (Fsp3) is 0.389. The van der Waals surface area contributed by atoms with Gasteiger partial charge in [-0.15, -0.1) is 11.3 Å². The second-order valence-electron chi connectivity index (χ2n) is 6.11. The molecule has 0 unspecified atom stereocenters. The number of ether oxygens (including phenoxy) is 2. The van der Waals surface area contributed by atoms with Crippen LogP contribution < -0.4 is 14.8 Å². The molecular formula is C18H22N2O5S2. The van der Waals surface area contributed by atoms with Gasteiger partial charge in [-0.1, -0.05) is 12.1 Å². The molecule has 27 heavy (non-hydrogen) atoms. The second-order valence-corrected chi connectivity index (χ2v) is 9.18. The summed E-state index contributed by atoms with van der Waals surface area (Å²) in [6.45, 7) is 0.636. The van der Waals surface area contributed by atoms with Crippen molar-refractivity contribution >= 4 is 27.3 Å². The van der Waals surface area contributed by atoms with Gasteiger partial charge < -0.3 is 14.8 Å². The third kappa shape index (κ3) is 4.10. The van der Waals surface area contributed by atoms with E-state index in [-0.39, 0.29) is 16.7 Å². The third-order valence-corrected chi connectivity index (χ3v) is 7.76. The van der Waals surface area contributed by atoms with E-state index in [4.69, 9.17) is 9.47 Å². The molecule has 1 fully saturated rings. The zero-order valence-corrected chi connectivity index (χ0v) is 16.8. The van der Waals surface area contributed by atoms with Gasteiger partial charge in [0.1, 0.15) is 10.3 Å². The Balaban J connectivity index is 1.69. The number of hydrogen-bond acceptors (Lipinski definition) is 6. The van der Waals surface area contributed by atoms with Gasteiger partial charge in [0, 0.05) is 13.1 Å². The Kier molecular flexibility index (Phi) is 6.03. The van der Waals surface area contributed by atoms with Gasteiger partial charge in [0.15, 0.2) is 11.5 Å². The number of rotatable bonds is 7. The van der Waals surface area contributed by atoms with Crippen LogP contribution in [0.2, 0.25) is 0 Å². The lowest BCUT2D eigenvalue weighted by molar-refractivity contribution is -0.124. The number of hydrogen-bond donors (Lipinski definition) is 1. The zero-order chi connectivity index (χ0) is 19.4. The Morgan fingerprint density at radius 2 is 2.04 bits per heavy atom. The smallest absolute Gasteiger partial charge is 0.253 e. The number of thiophene rings is 1. The van der Waals surface area contributed by atoms with Crippen molar-refractivity contribution in [2.24, 2.45) is 0 Å². The standard InChI is InChI=1S/C18H22N2O5S2/c1-24-15-8-7-13(11-16(15)25-2)12-19-18(21)14-5-3-9-20(14)27(22,23)17-6-4-10-26-17/h4,6-8,10-11,14H,3,5,9,12H2,1-2H3,(H,19,21)/t14-/m1/s1. The molecule has 0 aliphatic carbocycles. The Morgan fingerprint density at radius 3 is 2.70 bits per heavy atom. The first-order valence-electron chi connectivity index (χ1n) is 8.51. The lowest BCUT2D eigenvalue weighted by Crippen LogP contribution is -2.45. The summed E-state index contributed by atoms with van der Waals surface area (Å²) in [6.07, 6.45) is 1.18. The summed E-state index contributed by atoms with van der Waals surface area (Å²) in [5.74, 6) is 0.894. The monoisotopic (exact) mass is 410 g/mol. The average Bonchev–Trinajstić information content (AvgIpc) is 3.38. The summed E-state index contributed by atoms with van der Waals surface area (Å²) in [5.41, 5.74) is 0.840. The van der Waals surface area contributed by atoms with Crippen molar-refractivity contribution in [3.8, 4) is 11.5 Å². The lowest BCUT2D eigenvalue weighted by atomic mass is 10.1. The van der Waals surface area contributed by atoms with Crippen LogP contribution in [0.15, 0.2) is 39.9 Å². The normalized spacial score (nSPS) is 17.6. The molecule has 0 radical (unpaired) electrons. The van der Waals surface area contributed by atoms with Crippen molar-refractivity contribution < 1.29 is 22.7 Å². The van der Waals surface area contributed by atoms with Crippen LogP contribution in [0, 0.1) is 0 Å². The predicted octanol–water partition coefficient (Wildman–Crippen LogP) is 2.23. The molecule has 7 nitrogen and oxygen atoms in total. The highest BCUT2D eigenvalue weighted by atomic mass is 32.2. The molecular weight excluding hydrogens is 388 g/mol. The van der Waals surface area contributed by atoms with Crippen LogP contribution in [0.4, 0.5) is 0 Å². The minimum Gasteiger partial charge on any atom is -0.493 e. The van der Waals surface area contributed by atoms with E-state index in [1.54, 1.807) is 43.9 Å². The molecule has 0 bridgehead atoms. The molecule has 146 valence electrons. The highest BCUT2D eigenvalue weighted by Gasteiger charge is 2.39. The number of benzene rings is 1. The maximum absolute atomic E-state index is 12.8. The van der Waals surface area contributed by atoms with Gasteiger partial charge in [0.25, 0.3) is 10.0 Å². The van der Waals surface area contributed by atoms with Crippen molar-refractivity contribution in [3.63, 3.8) is 0 Å². The third-order valence-electron chi connectivity index (χ3n) is 4.48. The first-order chi connectivity index (χ1) is 13.0. The lowest BCUT2D eigenvalue weighted by Gasteiger charge is -2.22. The van der Waals surface area contributed by atoms with Crippen molar-refractivity contribution in [2.75, 3.05) is 20.8 Å². The number of carbonyl (C=O) groups excluding carboxylic acids is 1. The Bertz CT molecular complexity index is 896. The maximum atomic E-state index is 12.8. The van der Waals surface area contributed by atoms with Crippen molar-refractivity contribution in [1.82, 2.24) is 9.62 Å². The number of nitrogens with zero attached hydrogens (tertiary/aromatic N) is 1. The minimum atomic E-state index is -3.64. The highest BCUT2D eigenvalue weighted by molar-refractivity contribution is 7.91. The van der Waals surface area contributed by atoms with Gasteiger partial charge in [-0.3, -0.25) is 4.79 Å². The van der Waals surface area contributed by atoms with Gasteiger partial charge in [-0.05, 0) is 42.0 Å². The number of methoxy groups -OCH3 is 2. The summed E-state index contributed by atoms with van der Waals surface area (Å²) in [4.78, 5) is 12.7. The van der Waals surface area contributed by atoms with E-state index in [2.05, 4.69) is 5.32 Å². The molecule has 1 amide bonds. The molecule has 2 heterocycles. The van der Waals surface area contributed by atoms with E-state index in [0.717, 1.165) is 16.9 Å². The van der Waals surface area contributed by atoms with E-state index in [9.17, 15) is 13.2 Å². The minimum absolute atomic E-state index is 0.266. The summed E-state index contributed by atoms with van der Waals surface area (Å²) in [6, 6.07) is 7.96. The van der Waals surface area contributed by atoms with Gasteiger partial charge in [-0.2, -0.15) is 4.31 Å². The SMILES string of the molecule is COc1ccc(CNC(=O)[C@H]2CCCN2S(=O)(=O)c2cccs2)cc1OC. The molecule has 1 aliphatic rings. The molecule has 0 saturated carbocycles. The molecule has 1 aromatic carbocycles. The predicted molar refractivity (Wildman–Crippen MR) is 103 cm³/mol. The molecule has 9 heteroatoms. The van der Waals surface area contributed by atoms with Gasteiger partial charge in [0.2, 0.25) is 5.91 Å². The van der Waals surface area contributed by atoms with Crippen molar-refractivity contribution in [1.29, 1.82) is 0 Å². The number of sulfonamides is 1. The van der Waals surface area contributed by atoms with E-state index in [1.165, 1.54) is 4.31 Å². The fourth-order valence-corrected chi connectivity index (χ4v) is 5.89. The molecule has 1 aromatic heterocycles. The van der Waals surface area contributed by atoms with Gasteiger partial charge >= 0.3 is 0 Å². The Hall–Kier alpha value is -2.10. The van der Waals surface area contributed by atoms with Crippen LogP contribution in [-0.2, 0) is 21.4 Å². The average molecular weight is 411 g/mol. The van der Waals surface area contributed by atoms with Crippen LogP contribution in [0.1, 0.15) is 18.4 Å². The Labute approximate surface area is 163 Å². The number of carbonyl (C=O) groups is 1. The van der Waals surface area contributed by atoms with Crippen LogP contribution in [0.3, 0.4) is 0 Å². The quantitative estimate of drug-likeness (QED) is 0.757.